The summed E-state index contributed by atoms with van der Waals surface area (Å²) >= 11 is 0. The number of carbonyl (C=O) groups is 1. The van der Waals surface area contributed by atoms with Gasteiger partial charge in [-0.1, -0.05) is 12.1 Å². The Hall–Kier alpha value is -3.03. The number of halogens is 3. The lowest BCUT2D eigenvalue weighted by molar-refractivity contribution is -0.274. The number of benzene rings is 1. The van der Waals surface area contributed by atoms with Crippen molar-refractivity contribution in [1.29, 1.82) is 0 Å². The predicted molar refractivity (Wildman–Crippen MR) is 88.9 cm³/mol. The molecule has 3 rings (SSSR count). The molecular weight excluding hydrogens is 347 g/mol. The number of hydrogen-bond acceptors (Lipinski definition) is 3. The van der Waals surface area contributed by atoms with E-state index in [1.54, 1.807) is 17.5 Å². The Bertz CT molecular complexity index is 933. The third kappa shape index (κ3) is 4.14. The minimum atomic E-state index is -4.73. The molecule has 0 aliphatic rings. The van der Waals surface area contributed by atoms with Gasteiger partial charge in [-0.05, 0) is 49.2 Å². The van der Waals surface area contributed by atoms with Gasteiger partial charge in [0.05, 0.1) is 6.04 Å². The van der Waals surface area contributed by atoms with Crippen LogP contribution in [0.25, 0.3) is 5.65 Å². The number of aryl methyl sites for hydroxylation is 1. The third-order valence-electron chi connectivity index (χ3n) is 3.81. The molecule has 1 amide bonds. The maximum atomic E-state index is 12.4. The third-order valence-corrected chi connectivity index (χ3v) is 3.81. The summed E-state index contributed by atoms with van der Waals surface area (Å²) in [6, 6.07) is 8.72. The smallest absolute Gasteiger partial charge is 0.406 e. The maximum Gasteiger partial charge on any atom is 0.573 e. The fraction of sp³-hybridized carbons (Fsp3) is 0.222. The minimum Gasteiger partial charge on any atom is -0.406 e. The second kappa shape index (κ2) is 6.70. The fourth-order valence-electron chi connectivity index (χ4n) is 2.51. The van der Waals surface area contributed by atoms with Crippen molar-refractivity contribution >= 4 is 11.6 Å². The van der Waals surface area contributed by atoms with Crippen LogP contribution < -0.4 is 10.1 Å². The summed E-state index contributed by atoms with van der Waals surface area (Å²) in [7, 11) is 0. The Balaban J connectivity index is 1.70. The van der Waals surface area contributed by atoms with Gasteiger partial charge in [-0.25, -0.2) is 4.98 Å². The molecule has 0 radical (unpaired) electrons. The molecule has 1 atom stereocenters. The number of alkyl halides is 3. The molecule has 3 aromatic rings. The van der Waals surface area contributed by atoms with Gasteiger partial charge >= 0.3 is 6.36 Å². The summed E-state index contributed by atoms with van der Waals surface area (Å²) in [5.74, 6) is -0.676. The second-order valence-electron chi connectivity index (χ2n) is 5.91. The zero-order valence-electron chi connectivity index (χ0n) is 14.0. The van der Waals surface area contributed by atoms with Crippen molar-refractivity contribution < 1.29 is 22.7 Å². The lowest BCUT2D eigenvalue weighted by atomic mass is 10.1. The molecule has 0 aliphatic heterocycles. The zero-order valence-corrected chi connectivity index (χ0v) is 14.0. The number of nitrogens with zero attached hydrogens (tertiary/aromatic N) is 2. The SMILES string of the molecule is Cc1ccn2cc(C(=O)NC(C)c3ccc(OC(F)(F)F)cc3)nc2c1. The van der Waals surface area contributed by atoms with Gasteiger partial charge < -0.3 is 14.5 Å². The second-order valence-corrected chi connectivity index (χ2v) is 5.91. The topological polar surface area (TPSA) is 55.6 Å². The first-order valence-corrected chi connectivity index (χ1v) is 7.83. The molecule has 136 valence electrons. The Kier molecular flexibility index (Phi) is 4.58. The summed E-state index contributed by atoms with van der Waals surface area (Å²) in [5, 5.41) is 2.78. The van der Waals surface area contributed by atoms with Crippen LogP contribution in [0.2, 0.25) is 0 Å². The largest absolute Gasteiger partial charge is 0.573 e. The van der Waals surface area contributed by atoms with Gasteiger partial charge in [0.25, 0.3) is 5.91 Å². The molecule has 5 nitrogen and oxygen atoms in total. The zero-order chi connectivity index (χ0) is 18.9. The van der Waals surface area contributed by atoms with Crippen LogP contribution in [-0.4, -0.2) is 21.7 Å². The average molecular weight is 363 g/mol. The van der Waals surface area contributed by atoms with Crippen molar-refractivity contribution in [3.8, 4) is 5.75 Å². The number of pyridine rings is 1. The van der Waals surface area contributed by atoms with Gasteiger partial charge in [-0.2, -0.15) is 0 Å². The van der Waals surface area contributed by atoms with Gasteiger partial charge in [0.2, 0.25) is 0 Å². The number of imidazole rings is 1. The standard InChI is InChI=1S/C18H16F3N3O2/c1-11-7-8-24-10-15(23-16(24)9-11)17(25)22-12(2)13-3-5-14(6-4-13)26-18(19,20)21/h3-10,12H,1-2H3,(H,22,25). The molecule has 0 bridgehead atoms. The summed E-state index contributed by atoms with van der Waals surface area (Å²) in [5.41, 5.74) is 2.60. The van der Waals surface area contributed by atoms with E-state index in [0.717, 1.165) is 5.56 Å². The van der Waals surface area contributed by atoms with Crippen molar-refractivity contribution in [2.24, 2.45) is 0 Å². The van der Waals surface area contributed by atoms with E-state index in [0.29, 0.717) is 11.2 Å². The normalized spacial score (nSPS) is 12.8. The molecular formula is C18H16F3N3O2. The van der Waals surface area contributed by atoms with E-state index in [9.17, 15) is 18.0 Å². The highest BCUT2D eigenvalue weighted by molar-refractivity contribution is 5.93. The number of carbonyl (C=O) groups excluding carboxylic acids is 1. The van der Waals surface area contributed by atoms with Crippen LogP contribution >= 0.6 is 0 Å². The Morgan fingerprint density at radius 2 is 1.92 bits per heavy atom. The van der Waals surface area contributed by atoms with Crippen LogP contribution in [0.1, 0.15) is 34.6 Å². The molecule has 0 saturated heterocycles. The van der Waals surface area contributed by atoms with Gasteiger partial charge in [0, 0.05) is 12.4 Å². The molecule has 1 aromatic carbocycles. The molecule has 0 spiro atoms. The van der Waals surface area contributed by atoms with Crippen LogP contribution in [0.3, 0.4) is 0 Å². The molecule has 8 heteroatoms. The number of fused-ring (bicyclic) bond motifs is 1. The molecule has 1 N–H and O–H groups in total. The molecule has 0 saturated carbocycles. The summed E-state index contributed by atoms with van der Waals surface area (Å²) < 4.78 is 42.1. The van der Waals surface area contributed by atoms with Crippen LogP contribution in [0.15, 0.2) is 48.8 Å². The van der Waals surface area contributed by atoms with Crippen molar-refractivity contribution in [3.05, 3.63) is 65.6 Å². The van der Waals surface area contributed by atoms with E-state index in [2.05, 4.69) is 15.0 Å². The van der Waals surface area contributed by atoms with Crippen LogP contribution in [0.5, 0.6) is 5.75 Å². The van der Waals surface area contributed by atoms with Crippen LogP contribution in [0, 0.1) is 6.92 Å². The highest BCUT2D eigenvalue weighted by Gasteiger charge is 2.31. The van der Waals surface area contributed by atoms with E-state index < -0.39 is 12.4 Å². The number of rotatable bonds is 4. The Labute approximate surface area is 147 Å². The predicted octanol–water partition coefficient (Wildman–Crippen LogP) is 4.03. The monoisotopic (exact) mass is 363 g/mol. The number of hydrogen-bond donors (Lipinski definition) is 1. The first-order valence-electron chi connectivity index (χ1n) is 7.83. The van der Waals surface area contributed by atoms with E-state index in [1.807, 2.05) is 25.3 Å². The maximum absolute atomic E-state index is 12.4. The molecule has 26 heavy (non-hydrogen) atoms. The van der Waals surface area contributed by atoms with Crippen molar-refractivity contribution in [2.45, 2.75) is 26.3 Å². The average Bonchev–Trinajstić information content (AvgIpc) is 2.97. The van der Waals surface area contributed by atoms with E-state index in [4.69, 9.17) is 0 Å². The van der Waals surface area contributed by atoms with Gasteiger partial charge in [0.15, 0.2) is 0 Å². The molecule has 2 heterocycles. The van der Waals surface area contributed by atoms with Gasteiger partial charge in [-0.3, -0.25) is 4.79 Å². The van der Waals surface area contributed by atoms with Gasteiger partial charge in [-0.15, -0.1) is 13.2 Å². The Morgan fingerprint density at radius 1 is 1.23 bits per heavy atom. The van der Waals surface area contributed by atoms with E-state index >= 15 is 0 Å². The quantitative estimate of drug-likeness (QED) is 0.761. The summed E-state index contributed by atoms with van der Waals surface area (Å²) in [4.78, 5) is 16.7. The Morgan fingerprint density at radius 3 is 2.58 bits per heavy atom. The van der Waals surface area contributed by atoms with E-state index in [-0.39, 0.29) is 17.4 Å². The number of ether oxygens (including phenoxy) is 1. The van der Waals surface area contributed by atoms with Crippen molar-refractivity contribution in [2.75, 3.05) is 0 Å². The summed E-state index contributed by atoms with van der Waals surface area (Å²) in [6.45, 7) is 3.67. The molecule has 1 unspecified atom stereocenters. The first-order chi connectivity index (χ1) is 12.2. The molecule has 0 fully saturated rings. The van der Waals surface area contributed by atoms with E-state index in [1.165, 1.54) is 24.3 Å². The van der Waals surface area contributed by atoms with Crippen LogP contribution in [0.4, 0.5) is 13.2 Å². The summed E-state index contributed by atoms with van der Waals surface area (Å²) in [6.07, 6.45) is -1.29. The highest BCUT2D eigenvalue weighted by atomic mass is 19.4. The number of nitrogens with one attached hydrogen (secondary N) is 1. The number of amides is 1. The van der Waals surface area contributed by atoms with Crippen LogP contribution in [-0.2, 0) is 0 Å². The minimum absolute atomic E-state index is 0.263. The van der Waals surface area contributed by atoms with Gasteiger partial charge in [0.1, 0.15) is 17.1 Å². The molecule has 2 aromatic heterocycles. The highest BCUT2D eigenvalue weighted by Crippen LogP contribution is 2.24. The fourth-order valence-corrected chi connectivity index (χ4v) is 2.51. The molecule has 0 aliphatic carbocycles. The first kappa shape index (κ1) is 17.8. The van der Waals surface area contributed by atoms with Crippen molar-refractivity contribution in [3.63, 3.8) is 0 Å². The van der Waals surface area contributed by atoms with Crippen molar-refractivity contribution in [1.82, 2.24) is 14.7 Å². The lowest BCUT2D eigenvalue weighted by Gasteiger charge is -2.14. The number of aromatic nitrogens is 2. The lowest BCUT2D eigenvalue weighted by Crippen LogP contribution is -2.27.